The quantitative estimate of drug-likeness (QED) is 0.422. The zero-order valence-corrected chi connectivity index (χ0v) is 24.0. The van der Waals surface area contributed by atoms with Crippen LogP contribution in [0.1, 0.15) is 71.4 Å². The third kappa shape index (κ3) is 7.90. The Morgan fingerprint density at radius 1 is 1.29 bits per heavy atom. The second-order valence-corrected chi connectivity index (χ2v) is 11.6. The summed E-state index contributed by atoms with van der Waals surface area (Å²) in [5, 5.41) is 10.4. The lowest BCUT2D eigenvalue weighted by Gasteiger charge is -2.39. The van der Waals surface area contributed by atoms with Crippen molar-refractivity contribution in [1.82, 2.24) is 10.2 Å². The van der Waals surface area contributed by atoms with Crippen molar-refractivity contribution < 1.29 is 42.1 Å². The molecule has 0 bridgehead atoms. The lowest BCUT2D eigenvalue weighted by atomic mass is 9.89. The number of halogens is 3. The van der Waals surface area contributed by atoms with Gasteiger partial charge in [0, 0.05) is 37.7 Å². The van der Waals surface area contributed by atoms with Gasteiger partial charge in [0.2, 0.25) is 11.8 Å². The Morgan fingerprint density at radius 3 is 2.49 bits per heavy atom. The number of carbonyl (C=O) groups is 3. The van der Waals surface area contributed by atoms with Gasteiger partial charge in [-0.05, 0) is 52.0 Å². The van der Waals surface area contributed by atoms with Crippen molar-refractivity contribution in [3.63, 3.8) is 0 Å². The summed E-state index contributed by atoms with van der Waals surface area (Å²) in [4.78, 5) is 41.6. The molecule has 13 heteroatoms. The second-order valence-electron chi connectivity index (χ2n) is 11.6. The maximum absolute atomic E-state index is 13.3. The Balaban J connectivity index is 0.000000587. The van der Waals surface area contributed by atoms with Gasteiger partial charge in [0.25, 0.3) is 0 Å². The minimum atomic E-state index is -5.08. The number of nitrogens with two attached hydrogens (primary N) is 1. The Kier molecular flexibility index (Phi) is 9.62. The fraction of sp³-hybridized carbons (Fsp3) is 0.643. The lowest BCUT2D eigenvalue weighted by molar-refractivity contribution is -0.192. The predicted molar refractivity (Wildman–Crippen MR) is 144 cm³/mol. The number of hydrogen-bond acceptors (Lipinski definition) is 7. The fourth-order valence-corrected chi connectivity index (χ4v) is 5.39. The minimum Gasteiger partial charge on any atom is -0.487 e. The molecule has 1 fully saturated rings. The van der Waals surface area contributed by atoms with Gasteiger partial charge in [-0.1, -0.05) is 25.1 Å². The molecule has 1 aromatic carbocycles. The maximum atomic E-state index is 13.3. The summed E-state index contributed by atoms with van der Waals surface area (Å²) in [5.41, 5.74) is 6.48. The van der Waals surface area contributed by atoms with Gasteiger partial charge in [-0.15, -0.1) is 0 Å². The van der Waals surface area contributed by atoms with Crippen molar-refractivity contribution in [3.8, 4) is 5.75 Å². The first-order valence-electron chi connectivity index (χ1n) is 13.6. The van der Waals surface area contributed by atoms with Crippen molar-refractivity contribution in [2.24, 2.45) is 22.6 Å². The number of methoxy groups -OCH3 is 1. The number of alkyl halides is 3. The molecular weight excluding hydrogens is 545 g/mol. The highest BCUT2D eigenvalue weighted by atomic mass is 19.4. The van der Waals surface area contributed by atoms with Crippen molar-refractivity contribution in [3.05, 3.63) is 29.8 Å². The number of nitrogens with one attached hydrogen (secondary N) is 1. The highest BCUT2D eigenvalue weighted by Crippen LogP contribution is 2.47. The summed E-state index contributed by atoms with van der Waals surface area (Å²) < 4.78 is 43.2. The van der Waals surface area contributed by atoms with Crippen LogP contribution in [-0.4, -0.2) is 70.8 Å². The standard InChI is InChI=1S/C26H38N4O4.C2HF3O2/c1-6-26(4)15-22(31)30(24(27)29-26)20(11-12-33-5)17-13-18(17)23(32)28-19-14-25(2,3)34-21-10-8-7-9-16(19)21;3-2(4,5)1(6)7/h7-10,17-20H,6,11-15H2,1-5H3,(H2,27,29)(H,28,32);(H,6,7)/t17-,18-,19+,20?,26+;/m1./s1. The molecule has 0 radical (unpaired) electrons. The molecule has 228 valence electrons. The van der Waals surface area contributed by atoms with E-state index in [1.165, 1.54) is 0 Å². The number of amides is 2. The van der Waals surface area contributed by atoms with E-state index in [0.717, 1.165) is 24.2 Å². The van der Waals surface area contributed by atoms with Gasteiger partial charge in [-0.3, -0.25) is 14.5 Å². The zero-order chi connectivity index (χ0) is 30.8. The van der Waals surface area contributed by atoms with E-state index in [1.807, 2.05) is 52.0 Å². The molecule has 1 unspecified atom stereocenters. The third-order valence-electron chi connectivity index (χ3n) is 7.75. The van der Waals surface area contributed by atoms with Crippen molar-refractivity contribution in [2.45, 2.75) is 89.2 Å². The number of aliphatic carboxylic acids is 1. The van der Waals surface area contributed by atoms with E-state index in [-0.39, 0.29) is 47.3 Å². The monoisotopic (exact) mass is 584 g/mol. The van der Waals surface area contributed by atoms with E-state index in [2.05, 4.69) is 10.3 Å². The third-order valence-corrected chi connectivity index (χ3v) is 7.75. The minimum absolute atomic E-state index is 0.0169. The average Bonchev–Trinajstić information content (AvgIpc) is 3.65. The summed E-state index contributed by atoms with van der Waals surface area (Å²) in [6.07, 6.45) is -1.99. The summed E-state index contributed by atoms with van der Waals surface area (Å²) in [7, 11) is 1.64. The number of para-hydroxylation sites is 1. The molecular formula is C28H39F3N4O6. The maximum Gasteiger partial charge on any atom is 0.490 e. The topological polar surface area (TPSA) is 144 Å². The van der Waals surface area contributed by atoms with Crippen LogP contribution >= 0.6 is 0 Å². The summed E-state index contributed by atoms with van der Waals surface area (Å²) >= 11 is 0. The Labute approximate surface area is 237 Å². The van der Waals surface area contributed by atoms with Crippen LogP contribution < -0.4 is 15.8 Å². The number of fused-ring (bicyclic) bond motifs is 1. The molecule has 2 heterocycles. The molecule has 0 spiro atoms. The Morgan fingerprint density at radius 2 is 1.93 bits per heavy atom. The SMILES string of the molecule is CC[C@@]1(C)CC(=O)N(C(CCOC)[C@@H]2C[C@H]2C(=O)N[C@H]2CC(C)(C)Oc3ccccc32)C(N)=N1.O=C(O)C(F)(F)F. The van der Waals surface area contributed by atoms with Gasteiger partial charge in [0.1, 0.15) is 11.4 Å². The van der Waals surface area contributed by atoms with Crippen LogP contribution in [0.4, 0.5) is 13.2 Å². The Bertz CT molecular complexity index is 1170. The molecule has 2 amide bonds. The molecule has 4 N–H and O–H groups in total. The number of benzene rings is 1. The summed E-state index contributed by atoms with van der Waals surface area (Å²) in [6, 6.07) is 7.56. The summed E-state index contributed by atoms with van der Waals surface area (Å²) in [6.45, 7) is 8.53. The fourth-order valence-electron chi connectivity index (χ4n) is 5.39. The van der Waals surface area contributed by atoms with Crippen LogP contribution in [0.2, 0.25) is 0 Å². The largest absolute Gasteiger partial charge is 0.490 e. The highest BCUT2D eigenvalue weighted by molar-refractivity contribution is 5.99. The van der Waals surface area contributed by atoms with Crippen LogP contribution in [0, 0.1) is 11.8 Å². The first kappa shape index (κ1) is 32.2. The average molecular weight is 585 g/mol. The van der Waals surface area contributed by atoms with Crippen molar-refractivity contribution in [2.75, 3.05) is 13.7 Å². The van der Waals surface area contributed by atoms with Gasteiger partial charge >= 0.3 is 12.1 Å². The number of aliphatic imine (C=N–C) groups is 1. The van der Waals surface area contributed by atoms with E-state index < -0.39 is 17.7 Å². The molecule has 5 atom stereocenters. The van der Waals surface area contributed by atoms with E-state index in [4.69, 9.17) is 25.1 Å². The first-order chi connectivity index (χ1) is 19.0. The molecule has 0 saturated heterocycles. The number of ether oxygens (including phenoxy) is 2. The van der Waals surface area contributed by atoms with Gasteiger partial charge in [-0.2, -0.15) is 13.2 Å². The molecule has 1 aliphatic carbocycles. The van der Waals surface area contributed by atoms with Gasteiger partial charge in [0.05, 0.1) is 18.0 Å². The second kappa shape index (κ2) is 12.3. The van der Waals surface area contributed by atoms with E-state index in [1.54, 1.807) is 12.0 Å². The number of carbonyl (C=O) groups excluding carboxylic acids is 2. The van der Waals surface area contributed by atoms with Crippen molar-refractivity contribution in [1.29, 1.82) is 0 Å². The Hall–Kier alpha value is -3.35. The highest BCUT2D eigenvalue weighted by Gasteiger charge is 2.52. The van der Waals surface area contributed by atoms with E-state index in [0.29, 0.717) is 25.9 Å². The van der Waals surface area contributed by atoms with Gasteiger partial charge < -0.3 is 25.6 Å². The van der Waals surface area contributed by atoms with Crippen LogP contribution in [0.3, 0.4) is 0 Å². The number of carboxylic acid groups (broad SMARTS) is 1. The molecule has 1 saturated carbocycles. The number of carboxylic acids is 1. The smallest absolute Gasteiger partial charge is 0.487 e. The molecule has 10 nitrogen and oxygen atoms in total. The number of nitrogens with zero attached hydrogens (tertiary/aromatic N) is 2. The van der Waals surface area contributed by atoms with E-state index >= 15 is 0 Å². The molecule has 4 rings (SSSR count). The number of rotatable bonds is 8. The van der Waals surface area contributed by atoms with Crippen LogP contribution in [0.25, 0.3) is 0 Å². The molecule has 1 aromatic rings. The molecule has 0 aromatic heterocycles. The van der Waals surface area contributed by atoms with Crippen LogP contribution in [0.5, 0.6) is 5.75 Å². The van der Waals surface area contributed by atoms with Gasteiger partial charge in [0.15, 0.2) is 5.96 Å². The predicted octanol–water partition coefficient (Wildman–Crippen LogP) is 3.80. The number of guanidine groups is 1. The first-order valence-corrected chi connectivity index (χ1v) is 13.6. The molecule has 3 aliphatic rings. The normalized spacial score (nSPS) is 27.3. The molecule has 41 heavy (non-hydrogen) atoms. The van der Waals surface area contributed by atoms with Crippen LogP contribution in [-0.2, 0) is 19.1 Å². The van der Waals surface area contributed by atoms with Gasteiger partial charge in [-0.25, -0.2) is 9.79 Å². The summed E-state index contributed by atoms with van der Waals surface area (Å²) in [5.74, 6) is -1.83. The molecule has 2 aliphatic heterocycles. The zero-order valence-electron chi connectivity index (χ0n) is 24.0. The van der Waals surface area contributed by atoms with E-state index in [9.17, 15) is 22.8 Å². The number of hydrogen-bond donors (Lipinski definition) is 3. The lowest BCUT2D eigenvalue weighted by Crippen LogP contribution is -2.56. The van der Waals surface area contributed by atoms with Crippen molar-refractivity contribution >= 4 is 23.7 Å². The van der Waals surface area contributed by atoms with Crippen LogP contribution in [0.15, 0.2) is 29.3 Å².